The van der Waals surface area contributed by atoms with Crippen LogP contribution >= 0.6 is 0 Å². The Morgan fingerprint density at radius 1 is 1.25 bits per heavy atom. The van der Waals surface area contributed by atoms with Gasteiger partial charge >= 0.3 is 0 Å². The first-order valence-electron chi connectivity index (χ1n) is 9.22. The van der Waals surface area contributed by atoms with Gasteiger partial charge in [0.2, 0.25) is 17.8 Å². The smallest absolute Gasteiger partial charge is 0.249 e. The van der Waals surface area contributed by atoms with Crippen LogP contribution in [0.2, 0.25) is 0 Å². The highest BCUT2D eigenvalue weighted by atomic mass is 16.2. The first-order valence-corrected chi connectivity index (χ1v) is 9.22. The van der Waals surface area contributed by atoms with E-state index in [1.54, 1.807) is 36.2 Å². The number of fused-ring (bicyclic) bond motifs is 1. The number of benzene rings is 1. The lowest BCUT2D eigenvalue weighted by atomic mass is 9.86. The number of aliphatic imine (C=N–C) groups is 1. The van der Waals surface area contributed by atoms with Crippen LogP contribution in [0.25, 0.3) is 0 Å². The van der Waals surface area contributed by atoms with Gasteiger partial charge in [-0.1, -0.05) is 6.92 Å². The molecule has 0 spiro atoms. The van der Waals surface area contributed by atoms with E-state index in [2.05, 4.69) is 9.97 Å². The number of anilines is 1. The number of nitrogens with zero attached hydrogens (tertiary/aromatic N) is 4. The number of amides is 2. The van der Waals surface area contributed by atoms with Crippen molar-refractivity contribution < 1.29 is 9.59 Å². The zero-order chi connectivity index (χ0) is 20.0. The van der Waals surface area contributed by atoms with E-state index in [0.29, 0.717) is 22.8 Å². The van der Waals surface area contributed by atoms with E-state index in [-0.39, 0.29) is 11.8 Å². The van der Waals surface area contributed by atoms with Crippen LogP contribution in [0.15, 0.2) is 46.7 Å². The minimum atomic E-state index is -0.526. The summed E-state index contributed by atoms with van der Waals surface area (Å²) < 4.78 is 0. The summed E-state index contributed by atoms with van der Waals surface area (Å²) >= 11 is 0. The second-order valence-corrected chi connectivity index (χ2v) is 7.16. The van der Waals surface area contributed by atoms with Gasteiger partial charge in [-0.05, 0) is 49.6 Å². The lowest BCUT2D eigenvalue weighted by molar-refractivity contribution is -0.116. The molecule has 1 saturated carbocycles. The fourth-order valence-corrected chi connectivity index (χ4v) is 3.65. The van der Waals surface area contributed by atoms with Crippen molar-refractivity contribution in [3.05, 3.63) is 58.6 Å². The van der Waals surface area contributed by atoms with E-state index in [0.717, 1.165) is 29.9 Å². The molecular weight excluding hydrogens is 354 g/mol. The molecule has 0 saturated heterocycles. The van der Waals surface area contributed by atoms with Crippen molar-refractivity contribution in [2.24, 2.45) is 16.6 Å². The van der Waals surface area contributed by atoms with E-state index in [1.165, 1.54) is 5.57 Å². The summed E-state index contributed by atoms with van der Waals surface area (Å²) in [6.07, 6.45) is 3.62. The predicted molar refractivity (Wildman–Crippen MR) is 107 cm³/mol. The average Bonchev–Trinajstić information content (AvgIpc) is 3.47. The van der Waals surface area contributed by atoms with Gasteiger partial charge in [-0.15, -0.1) is 0 Å². The van der Waals surface area contributed by atoms with Gasteiger partial charge in [0.1, 0.15) is 0 Å². The largest absolute Gasteiger partial charge is 0.366 e. The molecule has 4 rings (SSSR count). The Hall–Kier alpha value is -3.35. The second kappa shape index (κ2) is 6.67. The molecule has 142 valence electrons. The minimum Gasteiger partial charge on any atom is -0.366 e. The highest BCUT2D eigenvalue weighted by Crippen LogP contribution is 2.44. The standard InChI is InChI=1S/C21H21N5O2/c1-11-8-9-23-21(24-11)25-18-12(2)19(14-4-5-14)26(13(3)27)17-7-6-15(20(22)28)10-16(17)18/h6-10,12H,4-5H2,1-3H3,(H2,22,28)/t12-/m1/s1. The predicted octanol–water partition coefficient (Wildman–Crippen LogP) is 3.06. The fourth-order valence-electron chi connectivity index (χ4n) is 3.65. The summed E-state index contributed by atoms with van der Waals surface area (Å²) in [5.41, 5.74) is 11.0. The molecule has 28 heavy (non-hydrogen) atoms. The molecule has 1 aromatic heterocycles. The van der Waals surface area contributed by atoms with Crippen molar-refractivity contribution in [3.8, 4) is 0 Å². The molecule has 0 unspecified atom stereocenters. The molecule has 7 nitrogen and oxygen atoms in total. The zero-order valence-electron chi connectivity index (χ0n) is 16.1. The maximum Gasteiger partial charge on any atom is 0.249 e. The summed E-state index contributed by atoms with van der Waals surface area (Å²) in [4.78, 5) is 39.4. The van der Waals surface area contributed by atoms with Gasteiger partial charge in [0.25, 0.3) is 0 Å². The number of aryl methyl sites for hydroxylation is 1. The van der Waals surface area contributed by atoms with Crippen LogP contribution in [0.5, 0.6) is 0 Å². The number of primary amides is 1. The second-order valence-electron chi connectivity index (χ2n) is 7.16. The molecule has 1 aliphatic carbocycles. The van der Waals surface area contributed by atoms with Crippen molar-refractivity contribution in [1.82, 2.24) is 9.97 Å². The first kappa shape index (κ1) is 18.0. The monoisotopic (exact) mass is 375 g/mol. The van der Waals surface area contributed by atoms with Gasteiger partial charge in [-0.25, -0.2) is 15.0 Å². The van der Waals surface area contributed by atoms with Gasteiger partial charge in [0.05, 0.1) is 11.4 Å². The van der Waals surface area contributed by atoms with Crippen LogP contribution in [0.1, 0.15) is 48.3 Å². The third-order valence-electron chi connectivity index (χ3n) is 5.04. The quantitative estimate of drug-likeness (QED) is 0.871. The van der Waals surface area contributed by atoms with Crippen LogP contribution in [0.3, 0.4) is 0 Å². The number of hydrogen-bond donors (Lipinski definition) is 1. The summed E-state index contributed by atoms with van der Waals surface area (Å²) in [7, 11) is 0. The van der Waals surface area contributed by atoms with Crippen LogP contribution in [0.4, 0.5) is 11.6 Å². The highest BCUT2D eigenvalue weighted by molar-refractivity contribution is 6.16. The Morgan fingerprint density at radius 2 is 2.00 bits per heavy atom. The Balaban J connectivity index is 1.98. The van der Waals surface area contributed by atoms with Crippen LogP contribution in [-0.2, 0) is 4.79 Å². The molecule has 2 N–H and O–H groups in total. The Morgan fingerprint density at radius 3 is 2.61 bits per heavy atom. The third kappa shape index (κ3) is 3.09. The Kier molecular flexibility index (Phi) is 4.30. The number of carbonyl (C=O) groups excluding carboxylic acids is 2. The molecule has 1 aromatic carbocycles. The number of allylic oxidation sites excluding steroid dienone is 2. The molecule has 1 aliphatic heterocycles. The van der Waals surface area contributed by atoms with Gasteiger partial charge in [0, 0.05) is 41.6 Å². The third-order valence-corrected chi connectivity index (χ3v) is 5.04. The molecule has 2 aromatic rings. The summed E-state index contributed by atoms with van der Waals surface area (Å²) in [6, 6.07) is 6.91. The molecule has 2 heterocycles. The summed E-state index contributed by atoms with van der Waals surface area (Å²) in [5.74, 6) is -0.377. The van der Waals surface area contributed by atoms with Gasteiger partial charge in [0.15, 0.2) is 0 Å². The number of nitrogens with two attached hydrogens (primary N) is 1. The molecule has 0 bridgehead atoms. The van der Waals surface area contributed by atoms with E-state index in [1.807, 2.05) is 19.9 Å². The van der Waals surface area contributed by atoms with E-state index in [4.69, 9.17) is 10.7 Å². The van der Waals surface area contributed by atoms with Crippen molar-refractivity contribution in [3.63, 3.8) is 0 Å². The molecule has 7 heteroatoms. The van der Waals surface area contributed by atoms with Gasteiger partial charge in [-0.3, -0.25) is 14.5 Å². The normalized spacial score (nSPS) is 19.6. The van der Waals surface area contributed by atoms with Crippen LogP contribution < -0.4 is 10.6 Å². The maximum atomic E-state index is 12.5. The van der Waals surface area contributed by atoms with Crippen LogP contribution in [0, 0.1) is 12.8 Å². The number of aromatic nitrogens is 2. The molecule has 0 radical (unpaired) electrons. The van der Waals surface area contributed by atoms with Crippen molar-refractivity contribution in [2.45, 2.75) is 33.6 Å². The molecule has 2 aliphatic rings. The molecule has 1 atom stereocenters. The van der Waals surface area contributed by atoms with Gasteiger partial charge < -0.3 is 5.73 Å². The number of rotatable bonds is 2. The fraction of sp³-hybridized carbons (Fsp3) is 0.286. The van der Waals surface area contributed by atoms with Crippen molar-refractivity contribution in [1.29, 1.82) is 0 Å². The number of hydrogen-bond acceptors (Lipinski definition) is 5. The maximum absolute atomic E-state index is 12.5. The SMILES string of the molecule is CC(=O)N1C(=C2CC2)[C@H](C)C(=Nc2nccc(C)n2)c2cc(C(N)=O)ccc21. The van der Waals surface area contributed by atoms with Crippen molar-refractivity contribution in [2.75, 3.05) is 4.90 Å². The Labute approximate surface area is 163 Å². The van der Waals surface area contributed by atoms with Gasteiger partial charge in [-0.2, -0.15) is 0 Å². The minimum absolute atomic E-state index is 0.0693. The van der Waals surface area contributed by atoms with E-state index in [9.17, 15) is 9.59 Å². The Bertz CT molecular complexity index is 1060. The van der Waals surface area contributed by atoms with Crippen LogP contribution in [-0.4, -0.2) is 27.5 Å². The number of carbonyl (C=O) groups is 2. The summed E-state index contributed by atoms with van der Waals surface area (Å²) in [6.45, 7) is 5.45. The topological polar surface area (TPSA) is 102 Å². The molecule has 2 amide bonds. The van der Waals surface area contributed by atoms with E-state index < -0.39 is 5.91 Å². The van der Waals surface area contributed by atoms with E-state index >= 15 is 0 Å². The lowest BCUT2D eigenvalue weighted by Crippen LogP contribution is -2.39. The summed E-state index contributed by atoms with van der Waals surface area (Å²) in [5, 5.41) is 0. The molecule has 1 fully saturated rings. The first-order chi connectivity index (χ1) is 13.4. The lowest BCUT2D eigenvalue weighted by Gasteiger charge is -2.36. The van der Waals surface area contributed by atoms with Crippen molar-refractivity contribution >= 4 is 29.2 Å². The highest BCUT2D eigenvalue weighted by Gasteiger charge is 2.38. The average molecular weight is 375 g/mol. The zero-order valence-corrected chi connectivity index (χ0v) is 16.1. The molecular formula is C21H21N5O2.